The Labute approximate surface area is 91.5 Å². The van der Waals surface area contributed by atoms with Crippen molar-refractivity contribution in [1.82, 2.24) is 5.32 Å². The first-order valence-corrected chi connectivity index (χ1v) is 6.51. The Morgan fingerprint density at radius 3 is 2.86 bits per heavy atom. The molecule has 0 amide bonds. The van der Waals surface area contributed by atoms with Gasteiger partial charge in [0.1, 0.15) is 0 Å². The summed E-state index contributed by atoms with van der Waals surface area (Å²) >= 11 is 1.91. The van der Waals surface area contributed by atoms with Crippen molar-refractivity contribution in [3.8, 4) is 0 Å². The molecule has 1 aromatic heterocycles. The van der Waals surface area contributed by atoms with Gasteiger partial charge in [-0.2, -0.15) is 0 Å². The predicted molar refractivity (Wildman–Crippen MR) is 64.9 cm³/mol. The molecular formula is C12H21NS. The molecule has 1 nitrogen and oxygen atoms in total. The Morgan fingerprint density at radius 2 is 2.14 bits per heavy atom. The fourth-order valence-electron chi connectivity index (χ4n) is 1.41. The van der Waals surface area contributed by atoms with Gasteiger partial charge in [0.15, 0.2) is 0 Å². The van der Waals surface area contributed by atoms with E-state index in [1.807, 2.05) is 11.3 Å². The van der Waals surface area contributed by atoms with Crippen molar-refractivity contribution >= 4 is 11.3 Å². The summed E-state index contributed by atoms with van der Waals surface area (Å²) in [4.78, 5) is 1.54. The smallest absolute Gasteiger partial charge is 0.0213 e. The Bertz CT molecular complexity index is 242. The highest BCUT2D eigenvalue weighted by Gasteiger charge is 1.98. The second kappa shape index (κ2) is 7.02. The van der Waals surface area contributed by atoms with Gasteiger partial charge >= 0.3 is 0 Å². The number of thiophene rings is 1. The van der Waals surface area contributed by atoms with Crippen LogP contribution in [0.2, 0.25) is 0 Å². The average Bonchev–Trinajstić information content (AvgIpc) is 2.63. The molecule has 0 radical (unpaired) electrons. The van der Waals surface area contributed by atoms with Crippen molar-refractivity contribution in [3.05, 3.63) is 21.9 Å². The van der Waals surface area contributed by atoms with Crippen molar-refractivity contribution in [2.45, 2.75) is 46.1 Å². The molecule has 0 bridgehead atoms. The maximum Gasteiger partial charge on any atom is 0.0213 e. The Hall–Kier alpha value is -0.340. The third kappa shape index (κ3) is 4.25. The number of rotatable bonds is 7. The zero-order valence-electron chi connectivity index (χ0n) is 9.31. The Balaban J connectivity index is 2.27. The molecule has 1 aromatic rings. The zero-order chi connectivity index (χ0) is 10.2. The van der Waals surface area contributed by atoms with Crippen LogP contribution in [0.15, 0.2) is 11.4 Å². The van der Waals surface area contributed by atoms with Crippen LogP contribution in [0.25, 0.3) is 0 Å². The molecule has 0 aliphatic rings. The molecular weight excluding hydrogens is 190 g/mol. The van der Waals surface area contributed by atoms with Gasteiger partial charge in [0.2, 0.25) is 0 Å². The molecule has 80 valence electrons. The van der Waals surface area contributed by atoms with E-state index in [9.17, 15) is 0 Å². The molecule has 0 spiro atoms. The van der Waals surface area contributed by atoms with E-state index in [0.29, 0.717) is 0 Å². The van der Waals surface area contributed by atoms with E-state index >= 15 is 0 Å². The minimum Gasteiger partial charge on any atom is -0.313 e. The van der Waals surface area contributed by atoms with Crippen molar-refractivity contribution in [1.29, 1.82) is 0 Å². The molecule has 0 saturated heterocycles. The lowest BCUT2D eigenvalue weighted by Crippen LogP contribution is -2.12. The zero-order valence-corrected chi connectivity index (χ0v) is 10.1. The molecule has 2 heteroatoms. The highest BCUT2D eigenvalue weighted by Crippen LogP contribution is 2.16. The molecule has 14 heavy (non-hydrogen) atoms. The standard InChI is InChI=1S/C12H21NS/c1-3-5-6-12-8-11(10-14-12)9-13-7-4-2/h8,10,13H,3-7,9H2,1-2H3. The second-order valence-corrected chi connectivity index (χ2v) is 4.70. The lowest BCUT2D eigenvalue weighted by molar-refractivity contribution is 0.676. The molecule has 0 aliphatic heterocycles. The number of unbranched alkanes of at least 4 members (excludes halogenated alkanes) is 1. The molecule has 1 heterocycles. The van der Waals surface area contributed by atoms with Gasteiger partial charge in [-0.15, -0.1) is 11.3 Å². The number of hydrogen-bond donors (Lipinski definition) is 1. The molecule has 0 aromatic carbocycles. The van der Waals surface area contributed by atoms with Crippen molar-refractivity contribution in [3.63, 3.8) is 0 Å². The van der Waals surface area contributed by atoms with Crippen molar-refractivity contribution in [2.75, 3.05) is 6.54 Å². The molecule has 1 rings (SSSR count). The third-order valence-electron chi connectivity index (χ3n) is 2.24. The van der Waals surface area contributed by atoms with Crippen LogP contribution in [-0.4, -0.2) is 6.54 Å². The van der Waals surface area contributed by atoms with Gasteiger partial charge in [-0.05, 0) is 42.8 Å². The van der Waals surface area contributed by atoms with Gasteiger partial charge < -0.3 is 5.32 Å². The highest BCUT2D eigenvalue weighted by molar-refractivity contribution is 7.10. The van der Waals surface area contributed by atoms with Crippen molar-refractivity contribution in [2.24, 2.45) is 0 Å². The van der Waals surface area contributed by atoms with Crippen LogP contribution >= 0.6 is 11.3 Å². The van der Waals surface area contributed by atoms with Gasteiger partial charge in [-0.25, -0.2) is 0 Å². The van der Waals surface area contributed by atoms with E-state index < -0.39 is 0 Å². The average molecular weight is 211 g/mol. The molecule has 1 N–H and O–H groups in total. The number of aryl methyl sites for hydroxylation is 1. The minimum absolute atomic E-state index is 1.04. The predicted octanol–water partition coefficient (Wildman–Crippen LogP) is 3.59. The SMILES string of the molecule is CCCCc1cc(CNCCC)cs1. The maximum absolute atomic E-state index is 3.43. The fraction of sp³-hybridized carbons (Fsp3) is 0.667. The van der Waals surface area contributed by atoms with E-state index in [1.165, 1.54) is 31.2 Å². The van der Waals surface area contributed by atoms with Gasteiger partial charge in [0.25, 0.3) is 0 Å². The maximum atomic E-state index is 3.43. The van der Waals surface area contributed by atoms with Gasteiger partial charge in [-0.3, -0.25) is 0 Å². The summed E-state index contributed by atoms with van der Waals surface area (Å²) in [5.41, 5.74) is 1.45. The minimum atomic E-state index is 1.04. The first-order valence-electron chi connectivity index (χ1n) is 5.63. The third-order valence-corrected chi connectivity index (χ3v) is 3.29. The lowest BCUT2D eigenvalue weighted by Gasteiger charge is -1.98. The molecule has 0 unspecified atom stereocenters. The molecule has 0 aliphatic carbocycles. The Kier molecular flexibility index (Phi) is 5.88. The van der Waals surface area contributed by atoms with E-state index in [-0.39, 0.29) is 0 Å². The van der Waals surface area contributed by atoms with Crippen LogP contribution in [-0.2, 0) is 13.0 Å². The van der Waals surface area contributed by atoms with Crippen LogP contribution in [0.4, 0.5) is 0 Å². The van der Waals surface area contributed by atoms with Crippen LogP contribution < -0.4 is 5.32 Å². The monoisotopic (exact) mass is 211 g/mol. The van der Waals surface area contributed by atoms with Crippen LogP contribution in [0.5, 0.6) is 0 Å². The fourth-order valence-corrected chi connectivity index (χ4v) is 2.35. The first-order chi connectivity index (χ1) is 6.86. The van der Waals surface area contributed by atoms with Crippen LogP contribution in [0.3, 0.4) is 0 Å². The van der Waals surface area contributed by atoms with E-state index in [4.69, 9.17) is 0 Å². The van der Waals surface area contributed by atoms with Crippen LogP contribution in [0.1, 0.15) is 43.6 Å². The summed E-state index contributed by atoms with van der Waals surface area (Å²) in [7, 11) is 0. The summed E-state index contributed by atoms with van der Waals surface area (Å²) in [5.74, 6) is 0. The van der Waals surface area contributed by atoms with Crippen LogP contribution in [0, 0.1) is 0 Å². The van der Waals surface area contributed by atoms with Gasteiger partial charge in [0.05, 0.1) is 0 Å². The lowest BCUT2D eigenvalue weighted by atomic mass is 10.2. The summed E-state index contributed by atoms with van der Waals surface area (Å²) in [5, 5.41) is 5.71. The van der Waals surface area contributed by atoms with Gasteiger partial charge in [0, 0.05) is 11.4 Å². The molecule has 0 atom stereocenters. The normalized spacial score (nSPS) is 10.7. The van der Waals surface area contributed by atoms with E-state index in [1.54, 1.807) is 4.88 Å². The topological polar surface area (TPSA) is 12.0 Å². The number of nitrogens with one attached hydrogen (secondary N) is 1. The summed E-state index contributed by atoms with van der Waals surface area (Å²) in [6.07, 6.45) is 5.09. The van der Waals surface area contributed by atoms with Crippen molar-refractivity contribution < 1.29 is 0 Å². The summed E-state index contributed by atoms with van der Waals surface area (Å²) in [6.45, 7) is 6.61. The highest BCUT2D eigenvalue weighted by atomic mass is 32.1. The first kappa shape index (κ1) is 11.7. The van der Waals surface area contributed by atoms with E-state index in [2.05, 4.69) is 30.6 Å². The van der Waals surface area contributed by atoms with E-state index in [0.717, 1.165) is 13.1 Å². The second-order valence-electron chi connectivity index (χ2n) is 3.70. The summed E-state index contributed by atoms with van der Waals surface area (Å²) in [6, 6.07) is 2.35. The summed E-state index contributed by atoms with van der Waals surface area (Å²) < 4.78 is 0. The van der Waals surface area contributed by atoms with Gasteiger partial charge in [-0.1, -0.05) is 20.3 Å². The Morgan fingerprint density at radius 1 is 1.29 bits per heavy atom. The molecule has 0 fully saturated rings. The molecule has 0 saturated carbocycles. The number of hydrogen-bond acceptors (Lipinski definition) is 2. The largest absolute Gasteiger partial charge is 0.313 e. The quantitative estimate of drug-likeness (QED) is 0.680.